The van der Waals surface area contributed by atoms with E-state index < -0.39 is 5.60 Å². The van der Waals surface area contributed by atoms with Crippen molar-refractivity contribution in [1.29, 1.82) is 0 Å². The lowest BCUT2D eigenvalue weighted by atomic mass is 9.88. The third-order valence-corrected chi connectivity index (χ3v) is 6.84. The van der Waals surface area contributed by atoms with Crippen molar-refractivity contribution in [2.45, 2.75) is 56.2 Å². The second-order valence-electron chi connectivity index (χ2n) is 7.55. The summed E-state index contributed by atoms with van der Waals surface area (Å²) < 4.78 is 0. The SMILES string of the molecule is CCC(O)(CC)c1ccc(-c2cccc(SCc3ccc(CO)c(CO)c3)c2)cc1. The number of thioether (sulfide) groups is 1. The first-order valence-corrected chi connectivity index (χ1v) is 11.4. The highest BCUT2D eigenvalue weighted by atomic mass is 32.2. The molecule has 3 nitrogen and oxygen atoms in total. The van der Waals surface area contributed by atoms with Gasteiger partial charge in [-0.1, -0.05) is 68.4 Å². The van der Waals surface area contributed by atoms with Crippen LogP contribution in [0.1, 0.15) is 48.9 Å². The number of rotatable bonds is 9. The maximum absolute atomic E-state index is 10.7. The molecule has 0 bridgehead atoms. The van der Waals surface area contributed by atoms with Crippen LogP contribution in [0.15, 0.2) is 71.6 Å². The van der Waals surface area contributed by atoms with Crippen molar-refractivity contribution in [3.05, 3.63) is 89.0 Å². The van der Waals surface area contributed by atoms with Crippen LogP contribution in [-0.4, -0.2) is 15.3 Å². The molecule has 3 aromatic carbocycles. The predicted molar refractivity (Wildman–Crippen MR) is 124 cm³/mol. The molecule has 3 aromatic rings. The molecule has 0 radical (unpaired) electrons. The summed E-state index contributed by atoms with van der Waals surface area (Å²) >= 11 is 1.75. The molecule has 4 heteroatoms. The van der Waals surface area contributed by atoms with E-state index in [0.29, 0.717) is 12.8 Å². The van der Waals surface area contributed by atoms with Crippen molar-refractivity contribution in [1.82, 2.24) is 0 Å². The number of benzene rings is 3. The summed E-state index contributed by atoms with van der Waals surface area (Å²) in [6.45, 7) is 3.90. The van der Waals surface area contributed by atoms with Crippen molar-refractivity contribution in [2.75, 3.05) is 0 Å². The van der Waals surface area contributed by atoms with Crippen LogP contribution in [0.4, 0.5) is 0 Å². The molecule has 0 atom stereocenters. The minimum absolute atomic E-state index is 0.0575. The van der Waals surface area contributed by atoms with Gasteiger partial charge in [-0.2, -0.15) is 0 Å². The Balaban J connectivity index is 1.74. The van der Waals surface area contributed by atoms with Crippen molar-refractivity contribution in [3.8, 4) is 11.1 Å². The van der Waals surface area contributed by atoms with Gasteiger partial charge in [0, 0.05) is 10.6 Å². The minimum Gasteiger partial charge on any atom is -0.392 e. The van der Waals surface area contributed by atoms with Gasteiger partial charge < -0.3 is 15.3 Å². The van der Waals surface area contributed by atoms with Crippen molar-refractivity contribution < 1.29 is 15.3 Å². The molecule has 3 rings (SSSR count). The maximum Gasteiger partial charge on any atom is 0.0891 e. The van der Waals surface area contributed by atoms with E-state index in [1.54, 1.807) is 11.8 Å². The molecule has 0 aliphatic carbocycles. The fraction of sp³-hybridized carbons (Fsp3) is 0.308. The smallest absolute Gasteiger partial charge is 0.0891 e. The highest BCUT2D eigenvalue weighted by molar-refractivity contribution is 7.98. The molecule has 0 saturated carbocycles. The molecule has 0 amide bonds. The normalized spacial score (nSPS) is 11.6. The van der Waals surface area contributed by atoms with Crippen LogP contribution in [0, 0.1) is 0 Å². The third kappa shape index (κ3) is 5.13. The largest absolute Gasteiger partial charge is 0.392 e. The summed E-state index contributed by atoms with van der Waals surface area (Å²) in [5.41, 5.74) is 5.16. The molecule has 0 fully saturated rings. The lowest BCUT2D eigenvalue weighted by molar-refractivity contribution is 0.0284. The molecule has 30 heavy (non-hydrogen) atoms. The standard InChI is InChI=1S/C26H30O3S/c1-3-26(29,4-2)24-12-10-20(11-13-24)21-6-5-7-25(15-21)30-18-19-8-9-22(16-27)23(14-19)17-28/h5-15,27-29H,3-4,16-18H2,1-2H3. The van der Waals surface area contributed by atoms with Gasteiger partial charge in [-0.15, -0.1) is 11.8 Å². The van der Waals surface area contributed by atoms with Gasteiger partial charge in [0.1, 0.15) is 0 Å². The molecular weight excluding hydrogens is 392 g/mol. The van der Waals surface area contributed by atoms with Crippen LogP contribution in [0.25, 0.3) is 11.1 Å². The lowest BCUT2D eigenvalue weighted by Gasteiger charge is -2.26. The summed E-state index contributed by atoms with van der Waals surface area (Å²) in [4.78, 5) is 1.17. The molecular formula is C26H30O3S. The van der Waals surface area contributed by atoms with E-state index in [2.05, 4.69) is 36.4 Å². The lowest BCUT2D eigenvalue weighted by Crippen LogP contribution is -2.23. The highest BCUT2D eigenvalue weighted by Gasteiger charge is 2.24. The summed E-state index contributed by atoms with van der Waals surface area (Å²) in [6.07, 6.45) is 1.40. The van der Waals surface area contributed by atoms with Gasteiger partial charge in [0.15, 0.2) is 0 Å². The van der Waals surface area contributed by atoms with Gasteiger partial charge in [0.2, 0.25) is 0 Å². The second-order valence-corrected chi connectivity index (χ2v) is 8.60. The van der Waals surface area contributed by atoms with Gasteiger partial charge in [-0.3, -0.25) is 0 Å². The summed E-state index contributed by atoms with van der Waals surface area (Å²) in [7, 11) is 0. The molecule has 0 spiro atoms. The molecule has 0 unspecified atom stereocenters. The zero-order valence-electron chi connectivity index (χ0n) is 17.6. The zero-order valence-corrected chi connectivity index (χ0v) is 18.5. The first kappa shape index (κ1) is 22.6. The first-order valence-electron chi connectivity index (χ1n) is 10.4. The number of aliphatic hydroxyl groups is 3. The Morgan fingerprint density at radius 1 is 0.767 bits per heavy atom. The van der Waals surface area contributed by atoms with E-state index in [4.69, 9.17) is 0 Å². The van der Waals surface area contributed by atoms with Crippen molar-refractivity contribution in [3.63, 3.8) is 0 Å². The van der Waals surface area contributed by atoms with E-state index in [9.17, 15) is 15.3 Å². The van der Waals surface area contributed by atoms with E-state index >= 15 is 0 Å². The Labute approximate surface area is 183 Å². The minimum atomic E-state index is -0.755. The molecule has 3 N–H and O–H groups in total. The van der Waals surface area contributed by atoms with Crippen LogP contribution in [0.2, 0.25) is 0 Å². The van der Waals surface area contributed by atoms with Gasteiger partial charge in [0.05, 0.1) is 18.8 Å². The van der Waals surface area contributed by atoms with Crippen LogP contribution in [0.5, 0.6) is 0 Å². The number of aliphatic hydroxyl groups excluding tert-OH is 2. The fourth-order valence-electron chi connectivity index (χ4n) is 3.63. The average molecular weight is 423 g/mol. The molecule has 0 aliphatic rings. The van der Waals surface area contributed by atoms with E-state index in [0.717, 1.165) is 39.1 Å². The van der Waals surface area contributed by atoms with Gasteiger partial charge in [-0.25, -0.2) is 0 Å². The molecule has 0 aliphatic heterocycles. The predicted octanol–water partition coefficient (Wildman–Crippen LogP) is 5.64. The zero-order chi connectivity index (χ0) is 21.6. The average Bonchev–Trinajstić information content (AvgIpc) is 2.82. The Morgan fingerprint density at radius 3 is 2.10 bits per heavy atom. The van der Waals surface area contributed by atoms with Crippen LogP contribution < -0.4 is 0 Å². The Morgan fingerprint density at radius 2 is 1.47 bits per heavy atom. The Hall–Kier alpha value is -2.11. The monoisotopic (exact) mass is 422 g/mol. The maximum atomic E-state index is 10.7. The summed E-state index contributed by atoms with van der Waals surface area (Å²) in [5.74, 6) is 0.793. The van der Waals surface area contributed by atoms with Crippen LogP contribution in [-0.2, 0) is 24.6 Å². The molecule has 0 heterocycles. The summed E-state index contributed by atoms with van der Waals surface area (Å²) in [5, 5.41) is 29.6. The molecule has 0 saturated heterocycles. The van der Waals surface area contributed by atoms with E-state index in [1.807, 2.05) is 44.2 Å². The number of hydrogen-bond acceptors (Lipinski definition) is 4. The molecule has 0 aromatic heterocycles. The third-order valence-electron chi connectivity index (χ3n) is 5.78. The van der Waals surface area contributed by atoms with E-state index in [-0.39, 0.29) is 13.2 Å². The van der Waals surface area contributed by atoms with Gasteiger partial charge >= 0.3 is 0 Å². The van der Waals surface area contributed by atoms with Gasteiger partial charge in [0.25, 0.3) is 0 Å². The summed E-state index contributed by atoms with van der Waals surface area (Å²) in [6, 6.07) is 22.5. The van der Waals surface area contributed by atoms with Crippen LogP contribution in [0.3, 0.4) is 0 Å². The van der Waals surface area contributed by atoms with Crippen LogP contribution >= 0.6 is 11.8 Å². The van der Waals surface area contributed by atoms with Crippen molar-refractivity contribution in [2.24, 2.45) is 0 Å². The first-order chi connectivity index (χ1) is 14.5. The Kier molecular flexibility index (Phi) is 7.73. The topological polar surface area (TPSA) is 60.7 Å². The quantitative estimate of drug-likeness (QED) is 0.391. The van der Waals surface area contributed by atoms with E-state index in [1.165, 1.54) is 4.90 Å². The number of hydrogen-bond donors (Lipinski definition) is 3. The fourth-order valence-corrected chi connectivity index (χ4v) is 4.53. The Bertz CT molecular complexity index is 962. The second kappa shape index (κ2) is 10.3. The highest BCUT2D eigenvalue weighted by Crippen LogP contribution is 2.32. The molecule has 158 valence electrons. The van der Waals surface area contributed by atoms with Gasteiger partial charge in [-0.05, 0) is 58.4 Å². The van der Waals surface area contributed by atoms with Crippen molar-refractivity contribution >= 4 is 11.8 Å².